The minimum Gasteiger partial charge on any atom is -0.493 e. The van der Waals surface area contributed by atoms with E-state index in [0.29, 0.717) is 31.4 Å². The van der Waals surface area contributed by atoms with E-state index in [4.69, 9.17) is 18.9 Å². The molecule has 0 fully saturated rings. The number of methoxy groups -OCH3 is 1. The first-order chi connectivity index (χ1) is 18.3. The Balaban J connectivity index is 0.00000760. The van der Waals surface area contributed by atoms with Gasteiger partial charge in [-0.15, -0.1) is 0 Å². The van der Waals surface area contributed by atoms with Crippen molar-refractivity contribution in [3.63, 3.8) is 0 Å². The molecule has 3 unspecified atom stereocenters. The molecule has 0 aliphatic heterocycles. The topological polar surface area (TPSA) is 88.1 Å². The zero-order chi connectivity index (χ0) is 27.8. The Bertz CT molecular complexity index is 1000. The highest BCUT2D eigenvalue weighted by Gasteiger charge is 2.24. The van der Waals surface area contributed by atoms with Crippen LogP contribution in [0.2, 0.25) is 0 Å². The molecule has 0 saturated carbocycles. The van der Waals surface area contributed by atoms with Crippen molar-refractivity contribution in [2.45, 2.75) is 84.5 Å². The summed E-state index contributed by atoms with van der Waals surface area (Å²) in [6.45, 7) is 7.42. The van der Waals surface area contributed by atoms with E-state index in [1.165, 1.54) is 6.92 Å². The van der Waals surface area contributed by atoms with Gasteiger partial charge in [-0.25, -0.2) is 0 Å². The van der Waals surface area contributed by atoms with Crippen LogP contribution < -0.4 is 4.74 Å². The van der Waals surface area contributed by atoms with Gasteiger partial charge in [-0.05, 0) is 49.4 Å². The number of esters is 2. The normalized spacial score (nSPS) is 12.5. The van der Waals surface area contributed by atoms with E-state index in [2.05, 4.69) is 6.58 Å². The lowest BCUT2D eigenvalue weighted by Gasteiger charge is -2.21. The summed E-state index contributed by atoms with van der Waals surface area (Å²) in [5.41, 5.74) is 2.10. The molecule has 0 saturated heterocycles. The van der Waals surface area contributed by atoms with Crippen molar-refractivity contribution in [3.05, 3.63) is 72.3 Å². The van der Waals surface area contributed by atoms with Gasteiger partial charge in [0, 0.05) is 28.4 Å². The van der Waals surface area contributed by atoms with Gasteiger partial charge in [0.25, 0.3) is 0 Å². The van der Waals surface area contributed by atoms with Gasteiger partial charge in [0.05, 0.1) is 25.6 Å². The van der Waals surface area contributed by atoms with Crippen molar-refractivity contribution < 1.29 is 33.3 Å². The summed E-state index contributed by atoms with van der Waals surface area (Å²) in [5, 5.41) is 0. The third-order valence-electron chi connectivity index (χ3n) is 6.11. The number of Topliss-reactive ketones (excluding diaryl/α,β-unsaturated/α-hetero) is 1. The van der Waals surface area contributed by atoms with Gasteiger partial charge in [-0.2, -0.15) is 0 Å². The summed E-state index contributed by atoms with van der Waals surface area (Å²) in [7, 11) is 1.55. The van der Waals surface area contributed by atoms with Crippen LogP contribution in [-0.4, -0.2) is 58.2 Å². The number of rotatable bonds is 18. The highest BCUT2D eigenvalue weighted by molar-refractivity contribution is 5.77. The molecule has 0 bridgehead atoms. The van der Waals surface area contributed by atoms with Gasteiger partial charge in [0.1, 0.15) is 23.7 Å². The van der Waals surface area contributed by atoms with E-state index >= 15 is 0 Å². The van der Waals surface area contributed by atoms with Crippen LogP contribution >= 0.6 is 0 Å². The fourth-order valence-corrected chi connectivity index (χ4v) is 3.93. The van der Waals surface area contributed by atoms with Crippen LogP contribution in [0.5, 0.6) is 5.75 Å². The molecule has 2 rings (SSSR count). The second kappa shape index (κ2) is 20.5. The Hall–Kier alpha value is -3.39. The predicted octanol–water partition coefficient (Wildman–Crippen LogP) is 5.99. The molecule has 8 heteroatoms. The number of carbonyl (C=O) groups excluding carboxylic acids is 3. The van der Waals surface area contributed by atoms with Crippen molar-refractivity contribution in [1.82, 2.24) is 0 Å². The molecule has 0 spiro atoms. The van der Waals surface area contributed by atoms with Crippen LogP contribution in [-0.2, 0) is 35.0 Å². The largest absolute Gasteiger partial charge is 0.493 e. The van der Waals surface area contributed by atoms with E-state index in [0.717, 1.165) is 11.1 Å². The molecule has 7 nitrogen and oxygen atoms in total. The van der Waals surface area contributed by atoms with Gasteiger partial charge in [0.15, 0.2) is 0 Å². The van der Waals surface area contributed by atoms with Gasteiger partial charge in [-0.1, -0.05) is 69.5 Å². The minimum absolute atomic E-state index is 0. The van der Waals surface area contributed by atoms with Crippen LogP contribution in [0.15, 0.2) is 61.2 Å². The third-order valence-corrected chi connectivity index (χ3v) is 6.11. The molecular formula is C32H44BO7. The standard InChI is InChI=1S/C31H40O7.CH4.B/c1-5-24-12-14-25(15-13-24)16-17-28(20-23(3)32)37-31(34)22-29(38-30(33)21-26(6-2)35-4)18-19-36-27-10-8-7-9-11-27;;/h5,7-15,26,28-29H,1,6,16-22H2,2-4H3;1H4;. The number of aryl methyl sites for hydroxylation is 1. The first-order valence-corrected chi connectivity index (χ1v) is 13.1. The monoisotopic (exact) mass is 551 g/mol. The smallest absolute Gasteiger partial charge is 0.309 e. The molecule has 0 amide bonds. The molecule has 3 atom stereocenters. The Morgan fingerprint density at radius 1 is 0.850 bits per heavy atom. The Morgan fingerprint density at radius 3 is 1.95 bits per heavy atom. The lowest BCUT2D eigenvalue weighted by Crippen LogP contribution is -2.29. The first kappa shape index (κ1) is 36.6. The fourth-order valence-electron chi connectivity index (χ4n) is 3.93. The first-order valence-electron chi connectivity index (χ1n) is 13.1. The van der Waals surface area contributed by atoms with Crippen molar-refractivity contribution in [3.8, 4) is 5.75 Å². The number of hydrogen-bond donors (Lipinski definition) is 0. The van der Waals surface area contributed by atoms with Crippen molar-refractivity contribution in [1.29, 1.82) is 0 Å². The number of para-hydroxylation sites is 1. The van der Waals surface area contributed by atoms with Crippen LogP contribution in [0, 0.1) is 0 Å². The summed E-state index contributed by atoms with van der Waals surface area (Å²) in [6, 6.07) is 17.2. The van der Waals surface area contributed by atoms with Crippen LogP contribution in [0.3, 0.4) is 0 Å². The quantitative estimate of drug-likeness (QED) is 0.166. The fraction of sp³-hybridized carbons (Fsp3) is 0.469. The Labute approximate surface area is 241 Å². The molecular weight excluding hydrogens is 507 g/mol. The molecule has 0 heterocycles. The molecule has 217 valence electrons. The van der Waals surface area contributed by atoms with E-state index in [-0.39, 0.29) is 53.6 Å². The number of hydrogen-bond acceptors (Lipinski definition) is 7. The van der Waals surface area contributed by atoms with E-state index in [1.54, 1.807) is 13.2 Å². The second-order valence-corrected chi connectivity index (χ2v) is 9.24. The predicted molar refractivity (Wildman–Crippen MR) is 159 cm³/mol. The summed E-state index contributed by atoms with van der Waals surface area (Å²) in [5.74, 6) is -0.337. The maximum atomic E-state index is 12.9. The number of benzene rings is 2. The van der Waals surface area contributed by atoms with E-state index in [9.17, 15) is 14.4 Å². The highest BCUT2D eigenvalue weighted by Crippen LogP contribution is 2.17. The summed E-state index contributed by atoms with van der Waals surface area (Å²) < 4.78 is 22.4. The zero-order valence-corrected chi connectivity index (χ0v) is 23.3. The number of ether oxygens (including phenoxy) is 4. The Morgan fingerprint density at radius 2 is 1.43 bits per heavy atom. The molecule has 0 aliphatic carbocycles. The average molecular weight is 552 g/mol. The molecule has 2 aromatic rings. The molecule has 0 aromatic heterocycles. The molecule has 0 N–H and O–H groups in total. The Kier molecular flexibility index (Phi) is 18.8. The zero-order valence-electron chi connectivity index (χ0n) is 23.3. The average Bonchev–Trinajstić information content (AvgIpc) is 2.90. The highest BCUT2D eigenvalue weighted by atomic mass is 16.6. The van der Waals surface area contributed by atoms with Gasteiger partial charge < -0.3 is 18.9 Å². The summed E-state index contributed by atoms with van der Waals surface area (Å²) in [4.78, 5) is 37.2. The SMILES string of the molecule is C.C=Cc1ccc(CCC(CC(C)=O)OC(=O)CC(CCOc2ccccc2)OC(=O)CC(CC)OC)cc1.[B]. The van der Waals surface area contributed by atoms with Crippen molar-refractivity contribution in [2.75, 3.05) is 13.7 Å². The third kappa shape index (κ3) is 14.7. The maximum Gasteiger partial charge on any atom is 0.309 e. The van der Waals surface area contributed by atoms with Crippen molar-refractivity contribution >= 4 is 32.2 Å². The van der Waals surface area contributed by atoms with Gasteiger partial charge >= 0.3 is 11.9 Å². The molecule has 0 aliphatic rings. The summed E-state index contributed by atoms with van der Waals surface area (Å²) in [6.07, 6.45) is 2.47. The van der Waals surface area contributed by atoms with Gasteiger partial charge in [-0.3, -0.25) is 14.4 Å². The van der Waals surface area contributed by atoms with Crippen LogP contribution in [0.25, 0.3) is 6.08 Å². The number of carbonyl (C=O) groups is 3. The molecule has 2 aromatic carbocycles. The lowest BCUT2D eigenvalue weighted by molar-refractivity contribution is -0.160. The maximum absolute atomic E-state index is 12.9. The summed E-state index contributed by atoms with van der Waals surface area (Å²) >= 11 is 0. The minimum atomic E-state index is -0.725. The van der Waals surface area contributed by atoms with E-state index < -0.39 is 24.1 Å². The molecule has 3 radical (unpaired) electrons. The second-order valence-electron chi connectivity index (χ2n) is 9.24. The van der Waals surface area contributed by atoms with Crippen LogP contribution in [0.4, 0.5) is 0 Å². The van der Waals surface area contributed by atoms with E-state index in [1.807, 2.05) is 61.5 Å². The number of ketones is 1. The molecule has 40 heavy (non-hydrogen) atoms. The lowest BCUT2D eigenvalue weighted by atomic mass is 10.0. The van der Waals surface area contributed by atoms with Crippen LogP contribution in [0.1, 0.15) is 70.9 Å². The van der Waals surface area contributed by atoms with Crippen molar-refractivity contribution in [2.24, 2.45) is 0 Å². The van der Waals surface area contributed by atoms with Gasteiger partial charge in [0.2, 0.25) is 0 Å².